The monoisotopic (exact) mass is 232 g/mol. The largest absolute Gasteiger partial charge is 0.493 e. The Kier molecular flexibility index (Phi) is 3.47. The maximum Gasteiger partial charge on any atom is 0.315 e. The van der Waals surface area contributed by atoms with Crippen LogP contribution >= 0.6 is 0 Å². The van der Waals surface area contributed by atoms with Gasteiger partial charge in [0.25, 0.3) is 0 Å². The van der Waals surface area contributed by atoms with Crippen molar-refractivity contribution in [2.75, 3.05) is 6.61 Å². The number of ether oxygens (including phenoxy) is 2. The number of esters is 1. The summed E-state index contributed by atoms with van der Waals surface area (Å²) in [5.41, 5.74) is 1.70. The first-order chi connectivity index (χ1) is 8.20. The third-order valence-electron chi connectivity index (χ3n) is 2.68. The second-order valence-corrected chi connectivity index (χ2v) is 4.11. The fraction of sp³-hybridized carbons (Fsp3) is 0.357. The Morgan fingerprint density at radius 2 is 2.29 bits per heavy atom. The molecule has 0 saturated heterocycles. The average Bonchev–Trinajstić information content (AvgIpc) is 2.28. The molecule has 1 aromatic rings. The van der Waals surface area contributed by atoms with Gasteiger partial charge in [-0.05, 0) is 24.1 Å². The van der Waals surface area contributed by atoms with E-state index in [1.165, 1.54) is 0 Å². The average molecular weight is 232 g/mol. The minimum atomic E-state index is -0.256. The van der Waals surface area contributed by atoms with Crippen LogP contribution in [0, 0.1) is 0 Å². The molecule has 3 heteroatoms. The first-order valence-corrected chi connectivity index (χ1v) is 5.86. The first kappa shape index (κ1) is 11.7. The highest BCUT2D eigenvalue weighted by atomic mass is 16.5. The van der Waals surface area contributed by atoms with Gasteiger partial charge in [0.05, 0.1) is 13.0 Å². The number of hydrogen-bond acceptors (Lipinski definition) is 3. The normalized spacial score (nSPS) is 14.2. The van der Waals surface area contributed by atoms with Crippen molar-refractivity contribution in [1.29, 1.82) is 0 Å². The van der Waals surface area contributed by atoms with Crippen LogP contribution in [0.25, 0.3) is 5.57 Å². The molecule has 17 heavy (non-hydrogen) atoms. The molecule has 1 heterocycles. The van der Waals surface area contributed by atoms with Crippen LogP contribution in [0.5, 0.6) is 11.5 Å². The van der Waals surface area contributed by atoms with E-state index in [1.807, 2.05) is 12.1 Å². The number of unbranched alkanes of at least 4 members (excludes halogenated alkanes) is 1. The van der Waals surface area contributed by atoms with Gasteiger partial charge in [-0.1, -0.05) is 19.9 Å². The summed E-state index contributed by atoms with van der Waals surface area (Å²) in [5.74, 6) is 1.04. The standard InChI is InChI=1S/C14H16O3/c1-3-4-7-16-11-5-6-12-10(2)8-14(15)17-13(12)9-11/h5-6,9H,2-4,7-8H2,1H3. The summed E-state index contributed by atoms with van der Waals surface area (Å²) in [7, 11) is 0. The van der Waals surface area contributed by atoms with Crippen molar-refractivity contribution in [3.63, 3.8) is 0 Å². The van der Waals surface area contributed by atoms with Crippen LogP contribution < -0.4 is 9.47 Å². The van der Waals surface area contributed by atoms with Gasteiger partial charge in [0.2, 0.25) is 0 Å². The molecular weight excluding hydrogens is 216 g/mol. The van der Waals surface area contributed by atoms with Gasteiger partial charge in [-0.25, -0.2) is 0 Å². The summed E-state index contributed by atoms with van der Waals surface area (Å²) in [6, 6.07) is 5.54. The Balaban J connectivity index is 2.15. The van der Waals surface area contributed by atoms with Gasteiger partial charge in [0, 0.05) is 11.6 Å². The number of hydrogen-bond donors (Lipinski definition) is 0. The summed E-state index contributed by atoms with van der Waals surface area (Å²) in [4.78, 5) is 11.3. The van der Waals surface area contributed by atoms with Crippen molar-refractivity contribution in [1.82, 2.24) is 0 Å². The highest BCUT2D eigenvalue weighted by molar-refractivity contribution is 5.91. The van der Waals surface area contributed by atoms with Gasteiger partial charge in [0.15, 0.2) is 0 Å². The molecule has 0 aliphatic carbocycles. The molecule has 0 amide bonds. The fourth-order valence-electron chi connectivity index (χ4n) is 1.73. The second-order valence-electron chi connectivity index (χ2n) is 4.11. The van der Waals surface area contributed by atoms with E-state index in [9.17, 15) is 4.79 Å². The molecule has 0 unspecified atom stereocenters. The lowest BCUT2D eigenvalue weighted by Crippen LogP contribution is -2.14. The van der Waals surface area contributed by atoms with E-state index < -0.39 is 0 Å². The smallest absolute Gasteiger partial charge is 0.315 e. The third-order valence-corrected chi connectivity index (χ3v) is 2.68. The molecule has 0 spiro atoms. The minimum absolute atomic E-state index is 0.256. The molecule has 0 N–H and O–H groups in total. The van der Waals surface area contributed by atoms with Gasteiger partial charge < -0.3 is 9.47 Å². The van der Waals surface area contributed by atoms with Crippen LogP contribution in [-0.4, -0.2) is 12.6 Å². The molecule has 0 atom stereocenters. The predicted molar refractivity (Wildman–Crippen MR) is 66.1 cm³/mol. The predicted octanol–water partition coefficient (Wildman–Crippen LogP) is 3.19. The molecule has 0 aromatic heterocycles. The topological polar surface area (TPSA) is 35.5 Å². The molecule has 0 saturated carbocycles. The Bertz CT molecular complexity index is 449. The molecule has 1 aliphatic rings. The fourth-order valence-corrected chi connectivity index (χ4v) is 1.73. The number of carbonyl (C=O) groups is 1. The van der Waals surface area contributed by atoms with Gasteiger partial charge >= 0.3 is 5.97 Å². The highest BCUT2D eigenvalue weighted by Crippen LogP contribution is 2.35. The summed E-state index contributed by atoms with van der Waals surface area (Å²) >= 11 is 0. The van der Waals surface area contributed by atoms with E-state index in [-0.39, 0.29) is 12.4 Å². The third kappa shape index (κ3) is 2.67. The molecule has 90 valence electrons. The van der Waals surface area contributed by atoms with E-state index in [0.29, 0.717) is 12.4 Å². The van der Waals surface area contributed by atoms with Crippen LogP contribution in [0.4, 0.5) is 0 Å². The maximum absolute atomic E-state index is 11.3. The summed E-state index contributed by atoms with van der Waals surface area (Å²) in [6.45, 7) is 6.67. The molecule has 1 aliphatic heterocycles. The minimum Gasteiger partial charge on any atom is -0.493 e. The maximum atomic E-state index is 11.3. The lowest BCUT2D eigenvalue weighted by molar-refractivity contribution is -0.133. The van der Waals surface area contributed by atoms with Crippen molar-refractivity contribution in [3.05, 3.63) is 30.3 Å². The summed E-state index contributed by atoms with van der Waals surface area (Å²) < 4.78 is 10.7. The van der Waals surface area contributed by atoms with Gasteiger partial charge in [0.1, 0.15) is 11.5 Å². The van der Waals surface area contributed by atoms with E-state index in [4.69, 9.17) is 9.47 Å². The summed E-state index contributed by atoms with van der Waals surface area (Å²) in [5, 5.41) is 0. The second kappa shape index (κ2) is 5.04. The van der Waals surface area contributed by atoms with Crippen molar-refractivity contribution in [2.24, 2.45) is 0 Å². The lowest BCUT2D eigenvalue weighted by atomic mass is 10.0. The van der Waals surface area contributed by atoms with Crippen LogP contribution in [0.1, 0.15) is 31.7 Å². The van der Waals surface area contributed by atoms with Crippen LogP contribution in [0.2, 0.25) is 0 Å². The van der Waals surface area contributed by atoms with Gasteiger partial charge in [-0.15, -0.1) is 0 Å². The van der Waals surface area contributed by atoms with Crippen LogP contribution in [-0.2, 0) is 4.79 Å². The van der Waals surface area contributed by atoms with Crippen molar-refractivity contribution < 1.29 is 14.3 Å². The quantitative estimate of drug-likeness (QED) is 0.454. The SMILES string of the molecule is C=C1CC(=O)Oc2cc(OCCCC)ccc21. The molecule has 2 rings (SSSR count). The zero-order valence-electron chi connectivity index (χ0n) is 9.99. The van der Waals surface area contributed by atoms with E-state index in [2.05, 4.69) is 13.5 Å². The zero-order chi connectivity index (χ0) is 12.3. The van der Waals surface area contributed by atoms with E-state index >= 15 is 0 Å². The molecular formula is C14H16O3. The lowest BCUT2D eigenvalue weighted by Gasteiger charge is -2.18. The molecule has 0 radical (unpaired) electrons. The van der Waals surface area contributed by atoms with Gasteiger partial charge in [-0.2, -0.15) is 0 Å². The Morgan fingerprint density at radius 3 is 3.06 bits per heavy atom. The zero-order valence-corrected chi connectivity index (χ0v) is 9.99. The Morgan fingerprint density at radius 1 is 1.47 bits per heavy atom. The van der Waals surface area contributed by atoms with Gasteiger partial charge in [-0.3, -0.25) is 4.79 Å². The number of benzene rings is 1. The molecule has 3 nitrogen and oxygen atoms in total. The molecule has 1 aromatic carbocycles. The Labute approximate surface area is 101 Å². The molecule has 0 bridgehead atoms. The Hall–Kier alpha value is -1.77. The highest BCUT2D eigenvalue weighted by Gasteiger charge is 2.20. The first-order valence-electron chi connectivity index (χ1n) is 5.86. The van der Waals surface area contributed by atoms with Crippen LogP contribution in [0.15, 0.2) is 24.8 Å². The number of fused-ring (bicyclic) bond motifs is 1. The summed E-state index contributed by atoms with van der Waals surface area (Å²) in [6.07, 6.45) is 2.38. The van der Waals surface area contributed by atoms with Crippen LogP contribution in [0.3, 0.4) is 0 Å². The van der Waals surface area contributed by atoms with E-state index in [0.717, 1.165) is 29.7 Å². The number of rotatable bonds is 4. The van der Waals surface area contributed by atoms with E-state index in [1.54, 1.807) is 6.07 Å². The van der Waals surface area contributed by atoms with Crippen molar-refractivity contribution in [3.8, 4) is 11.5 Å². The van der Waals surface area contributed by atoms with Crippen molar-refractivity contribution in [2.45, 2.75) is 26.2 Å². The van der Waals surface area contributed by atoms with Crippen molar-refractivity contribution >= 4 is 11.5 Å². The molecule has 0 fully saturated rings. The number of carbonyl (C=O) groups excluding carboxylic acids is 1.